The third-order valence-electron chi connectivity index (χ3n) is 7.91. The van der Waals surface area contributed by atoms with E-state index in [9.17, 15) is 14.7 Å². The molecule has 6 rings (SSSR count). The Labute approximate surface area is 262 Å². The summed E-state index contributed by atoms with van der Waals surface area (Å²) in [6.45, 7) is 4.96. The smallest absolute Gasteiger partial charge is 0.323 e. The second kappa shape index (κ2) is 15.4. The lowest BCUT2D eigenvalue weighted by Crippen LogP contribution is -2.49. The number of carbonyl (C=O) groups is 2. The van der Waals surface area contributed by atoms with Crippen LogP contribution < -0.4 is 35.5 Å². The van der Waals surface area contributed by atoms with Crippen molar-refractivity contribution in [1.29, 1.82) is 0 Å². The maximum absolute atomic E-state index is 13.4. The largest absolute Gasteiger partial charge is 0.494 e. The molecule has 0 spiro atoms. The van der Waals surface area contributed by atoms with Gasteiger partial charge in [-0.15, -0.1) is 0 Å². The first-order valence-corrected chi connectivity index (χ1v) is 15.5. The van der Waals surface area contributed by atoms with Gasteiger partial charge in [-0.25, -0.2) is 0 Å². The van der Waals surface area contributed by atoms with Crippen molar-refractivity contribution in [3.8, 4) is 17.5 Å². The van der Waals surface area contributed by atoms with Crippen molar-refractivity contribution in [2.75, 3.05) is 50.1 Å². The summed E-state index contributed by atoms with van der Waals surface area (Å²) in [5, 5.41) is 22.4. The Hall–Kier alpha value is -4.65. The zero-order chi connectivity index (χ0) is 31.5. The lowest BCUT2D eigenvalue weighted by Gasteiger charge is -2.33. The van der Waals surface area contributed by atoms with Crippen LogP contribution in [-0.2, 0) is 11.3 Å². The molecule has 13 heteroatoms. The predicted octanol–water partition coefficient (Wildman–Crippen LogP) is 4.14. The number of aromatic nitrogens is 3. The van der Waals surface area contributed by atoms with Crippen LogP contribution in [0.4, 0.5) is 17.6 Å². The maximum atomic E-state index is 13.4. The van der Waals surface area contributed by atoms with E-state index in [2.05, 4.69) is 36.2 Å². The molecule has 240 valence electrons. The number of nitrogens with zero attached hydrogens (tertiary/aromatic N) is 3. The Morgan fingerprint density at radius 3 is 2.42 bits per heavy atom. The second-order valence-corrected chi connectivity index (χ2v) is 11.2. The number of aliphatic carboxylic acids is 1. The molecule has 0 aliphatic carbocycles. The summed E-state index contributed by atoms with van der Waals surface area (Å²) < 4.78 is 17.6. The molecule has 1 saturated heterocycles. The van der Waals surface area contributed by atoms with Crippen molar-refractivity contribution in [2.45, 2.75) is 52.0 Å². The van der Waals surface area contributed by atoms with Crippen molar-refractivity contribution in [2.24, 2.45) is 5.41 Å². The predicted molar refractivity (Wildman–Crippen MR) is 168 cm³/mol. The second-order valence-electron chi connectivity index (χ2n) is 11.2. The van der Waals surface area contributed by atoms with Gasteiger partial charge in [-0.3, -0.25) is 9.59 Å². The van der Waals surface area contributed by atoms with E-state index in [1.807, 2.05) is 31.2 Å². The van der Waals surface area contributed by atoms with Crippen LogP contribution in [0.3, 0.4) is 0 Å². The van der Waals surface area contributed by atoms with Crippen molar-refractivity contribution in [3.05, 3.63) is 53.6 Å². The number of carbonyl (C=O) groups excluding carboxylic acids is 1. The Balaban J connectivity index is 1.38. The monoisotopic (exact) mass is 619 g/mol. The number of nitrogens with one attached hydrogen (secondary N) is 4. The van der Waals surface area contributed by atoms with E-state index < -0.39 is 17.3 Å². The van der Waals surface area contributed by atoms with Crippen molar-refractivity contribution < 1.29 is 28.9 Å². The zero-order valence-corrected chi connectivity index (χ0v) is 25.6. The Kier molecular flexibility index (Phi) is 10.9. The highest BCUT2D eigenvalue weighted by atomic mass is 16.5. The number of hydrogen-bond acceptors (Lipinski definition) is 11. The summed E-state index contributed by atoms with van der Waals surface area (Å²) in [6.07, 6.45) is 4.52. The summed E-state index contributed by atoms with van der Waals surface area (Å²) in [5.41, 5.74) is 0.948. The first kappa shape index (κ1) is 31.8. The van der Waals surface area contributed by atoms with Crippen LogP contribution >= 0.6 is 0 Å². The number of amides is 1. The fourth-order valence-corrected chi connectivity index (χ4v) is 5.25. The van der Waals surface area contributed by atoms with E-state index in [0.29, 0.717) is 75.2 Å². The summed E-state index contributed by atoms with van der Waals surface area (Å²) in [7, 11) is 0. The van der Waals surface area contributed by atoms with Gasteiger partial charge in [-0.05, 0) is 88.4 Å². The van der Waals surface area contributed by atoms with Crippen LogP contribution in [0.2, 0.25) is 0 Å². The average Bonchev–Trinajstić information content (AvgIpc) is 3.04. The molecule has 0 radical (unpaired) electrons. The van der Waals surface area contributed by atoms with E-state index in [4.69, 9.17) is 14.2 Å². The minimum absolute atomic E-state index is 0.0362. The fraction of sp³-hybridized carbons (Fsp3) is 0.469. The molecule has 1 amide bonds. The van der Waals surface area contributed by atoms with E-state index in [1.54, 1.807) is 18.2 Å². The zero-order valence-electron chi connectivity index (χ0n) is 25.6. The van der Waals surface area contributed by atoms with Gasteiger partial charge in [0.1, 0.15) is 11.5 Å². The lowest BCUT2D eigenvalue weighted by molar-refractivity contribution is -0.150. The van der Waals surface area contributed by atoms with Crippen LogP contribution in [-0.4, -0.2) is 71.4 Å². The van der Waals surface area contributed by atoms with Gasteiger partial charge in [0, 0.05) is 24.8 Å². The molecule has 3 aromatic rings. The molecule has 0 unspecified atom stereocenters. The SMILES string of the molecule is CCOc1nc2nc(n1)Nc1ccc(C(=O)NCC3(C(=O)O)CCNCC3)c(c1)OCCCCCCOc1ccc(cc1)CN2. The van der Waals surface area contributed by atoms with Crippen LogP contribution in [0.1, 0.15) is 61.4 Å². The van der Waals surface area contributed by atoms with Gasteiger partial charge in [0.25, 0.3) is 5.91 Å². The summed E-state index contributed by atoms with van der Waals surface area (Å²) in [6, 6.07) is 13.2. The molecule has 5 N–H and O–H groups in total. The summed E-state index contributed by atoms with van der Waals surface area (Å²) in [4.78, 5) is 38.8. The van der Waals surface area contributed by atoms with Gasteiger partial charge in [0.15, 0.2) is 0 Å². The number of benzene rings is 2. The van der Waals surface area contributed by atoms with Crippen LogP contribution in [0.15, 0.2) is 42.5 Å². The number of hydrogen-bond donors (Lipinski definition) is 5. The highest BCUT2D eigenvalue weighted by molar-refractivity contribution is 5.97. The molecule has 13 nitrogen and oxygen atoms in total. The molecule has 2 aromatic carbocycles. The minimum atomic E-state index is -1.00. The number of anilines is 3. The van der Waals surface area contributed by atoms with Crippen molar-refractivity contribution in [1.82, 2.24) is 25.6 Å². The quantitative estimate of drug-likeness (QED) is 0.268. The topological polar surface area (TPSA) is 169 Å². The molecule has 4 heterocycles. The van der Waals surface area contributed by atoms with Crippen LogP contribution in [0.25, 0.3) is 0 Å². The van der Waals surface area contributed by atoms with Gasteiger partial charge < -0.3 is 40.6 Å². The summed E-state index contributed by atoms with van der Waals surface area (Å²) >= 11 is 0. The number of carboxylic acid groups (broad SMARTS) is 1. The van der Waals surface area contributed by atoms with Gasteiger partial charge in [-0.2, -0.15) is 15.0 Å². The van der Waals surface area contributed by atoms with Crippen molar-refractivity contribution >= 4 is 29.5 Å². The van der Waals surface area contributed by atoms with Crippen molar-refractivity contribution in [3.63, 3.8) is 0 Å². The number of piperidine rings is 1. The number of fused-ring (bicyclic) bond motifs is 10. The number of rotatable bonds is 6. The summed E-state index contributed by atoms with van der Waals surface area (Å²) in [5.74, 6) is 0.485. The van der Waals surface area contributed by atoms with E-state index in [-0.39, 0.29) is 18.5 Å². The van der Waals surface area contributed by atoms with Gasteiger partial charge >= 0.3 is 12.0 Å². The molecule has 1 fully saturated rings. The molecular formula is C32H41N7O6. The van der Waals surface area contributed by atoms with Crippen LogP contribution in [0, 0.1) is 5.41 Å². The van der Waals surface area contributed by atoms with Gasteiger partial charge in [0.2, 0.25) is 11.9 Å². The van der Waals surface area contributed by atoms with E-state index >= 15 is 0 Å². The molecular weight excluding hydrogens is 578 g/mol. The lowest BCUT2D eigenvalue weighted by atomic mass is 9.79. The Morgan fingerprint density at radius 2 is 1.69 bits per heavy atom. The molecule has 0 saturated carbocycles. The molecule has 45 heavy (non-hydrogen) atoms. The minimum Gasteiger partial charge on any atom is -0.494 e. The highest BCUT2D eigenvalue weighted by Gasteiger charge is 2.40. The van der Waals surface area contributed by atoms with Gasteiger partial charge in [0.05, 0.1) is 30.8 Å². The fourth-order valence-electron chi connectivity index (χ4n) is 5.25. The normalized spacial score (nSPS) is 16.8. The highest BCUT2D eigenvalue weighted by Crippen LogP contribution is 2.30. The van der Waals surface area contributed by atoms with E-state index in [0.717, 1.165) is 37.0 Å². The number of carboxylic acids is 1. The average molecular weight is 620 g/mol. The first-order valence-electron chi connectivity index (χ1n) is 15.5. The number of ether oxygens (including phenoxy) is 3. The third kappa shape index (κ3) is 8.72. The molecule has 1 aromatic heterocycles. The molecule has 6 bridgehead atoms. The van der Waals surface area contributed by atoms with Crippen LogP contribution in [0.5, 0.6) is 17.5 Å². The molecule has 3 aliphatic rings. The van der Waals surface area contributed by atoms with E-state index in [1.165, 1.54) is 0 Å². The Bertz CT molecular complexity index is 1450. The Morgan fingerprint density at radius 1 is 0.956 bits per heavy atom. The standard InChI is InChI=1S/C32H41N7O6/c1-2-43-31-38-29-34-20-22-7-10-24(11-8-22)44-17-5-3-4-6-18-45-26-19-23(36-30(37-29)39-31)9-12-25(26)27(40)35-21-32(28(41)42)13-15-33-16-14-32/h7-12,19,33H,2-6,13-18,20-21H2,1H3,(H,35,40)(H,41,42)(H2,34,36,37,38,39). The van der Waals surface area contributed by atoms with Gasteiger partial charge in [-0.1, -0.05) is 12.1 Å². The molecule has 3 aliphatic heterocycles. The first-order chi connectivity index (χ1) is 21.9. The molecule has 0 atom stereocenters. The maximum Gasteiger partial charge on any atom is 0.323 e. The third-order valence-corrected chi connectivity index (χ3v) is 7.91.